The lowest BCUT2D eigenvalue weighted by atomic mass is 10.1. The number of piperazine rings is 1. The molecule has 0 bridgehead atoms. The molecule has 1 aliphatic heterocycles. The molecule has 33 heavy (non-hydrogen) atoms. The Kier molecular flexibility index (Phi) is 7.56. The van der Waals surface area contributed by atoms with E-state index in [-0.39, 0.29) is 0 Å². The fraction of sp³-hybridized carbons (Fsp3) is 0.478. The summed E-state index contributed by atoms with van der Waals surface area (Å²) in [5.41, 5.74) is 8.84. The molecule has 0 radical (unpaired) electrons. The topological polar surface area (TPSA) is 113 Å². The highest BCUT2D eigenvalue weighted by molar-refractivity contribution is 7.09. The third-order valence-corrected chi connectivity index (χ3v) is 6.77. The highest BCUT2D eigenvalue weighted by Gasteiger charge is 2.26. The van der Waals surface area contributed by atoms with Gasteiger partial charge in [-0.25, -0.2) is 4.98 Å². The van der Waals surface area contributed by atoms with E-state index >= 15 is 0 Å². The number of anilines is 2. The van der Waals surface area contributed by atoms with Crippen LogP contribution in [0.2, 0.25) is 0 Å². The monoisotopic (exact) mass is 469 g/mol. The van der Waals surface area contributed by atoms with E-state index in [1.807, 2.05) is 32.0 Å². The number of rotatable bonds is 10. The van der Waals surface area contributed by atoms with Gasteiger partial charge >= 0.3 is 0 Å². The number of hydrogen-bond acceptors (Lipinski definition) is 9. The summed E-state index contributed by atoms with van der Waals surface area (Å²) in [6.45, 7) is 7.89. The Hall–Kier alpha value is -2.98. The molecule has 3 heterocycles. The van der Waals surface area contributed by atoms with Gasteiger partial charge in [0, 0.05) is 56.2 Å². The molecule has 1 aliphatic rings. The number of benzene rings is 1. The number of aryl methyl sites for hydroxylation is 1. The molecular weight excluding hydrogens is 438 g/mol. The molecule has 1 fully saturated rings. The van der Waals surface area contributed by atoms with Crippen LogP contribution in [0.25, 0.3) is 0 Å². The molecule has 176 valence electrons. The highest BCUT2D eigenvalue weighted by Crippen LogP contribution is 2.23. The number of carbonyl (C=O) groups excluding carboxylic acids is 1. The van der Waals surface area contributed by atoms with Gasteiger partial charge in [-0.1, -0.05) is 49.3 Å². The van der Waals surface area contributed by atoms with Crippen molar-refractivity contribution in [2.75, 3.05) is 42.9 Å². The first-order valence-corrected chi connectivity index (χ1v) is 12.2. The number of nitrogens with two attached hydrogens (primary N) is 1. The Balaban J connectivity index is 1.32. The number of aromatic nitrogens is 3. The molecule has 3 N–H and O–H groups in total. The maximum Gasteiger partial charge on any atom is 0.241 e. The van der Waals surface area contributed by atoms with E-state index in [9.17, 15) is 4.79 Å². The average Bonchev–Trinajstić information content (AvgIpc) is 3.46. The summed E-state index contributed by atoms with van der Waals surface area (Å²) >= 11 is 1.45. The summed E-state index contributed by atoms with van der Waals surface area (Å²) < 4.78 is 9.99. The van der Waals surface area contributed by atoms with E-state index in [1.54, 1.807) is 0 Å². The number of primary amides is 1. The van der Waals surface area contributed by atoms with Crippen LogP contribution in [0, 0.1) is 0 Å². The predicted molar refractivity (Wildman–Crippen MR) is 130 cm³/mol. The molecule has 0 saturated carbocycles. The normalized spacial score (nSPS) is 15.5. The van der Waals surface area contributed by atoms with Crippen LogP contribution in [0.1, 0.15) is 36.5 Å². The van der Waals surface area contributed by atoms with Crippen molar-refractivity contribution < 1.29 is 9.32 Å². The molecule has 1 amide bonds. The zero-order chi connectivity index (χ0) is 23.2. The van der Waals surface area contributed by atoms with Crippen LogP contribution in [0.15, 0.2) is 34.9 Å². The first kappa shape index (κ1) is 23.2. The Morgan fingerprint density at radius 3 is 2.61 bits per heavy atom. The fourth-order valence-electron chi connectivity index (χ4n) is 4.07. The standard InChI is InChI=1S/C23H31N7O2S/c1-3-17-18(4-2)27-32-22(17)25-19(21(24)31)15-29-10-12-30(13-11-29)23-26-20(28-33-23)14-16-8-6-5-7-9-16/h5-9,19,25H,3-4,10-15H2,1-2H3,(H2,24,31). The molecule has 3 aromatic rings. The smallest absolute Gasteiger partial charge is 0.241 e. The van der Waals surface area contributed by atoms with Gasteiger partial charge in [0.2, 0.25) is 16.9 Å². The average molecular weight is 470 g/mol. The first-order valence-electron chi connectivity index (χ1n) is 11.4. The number of nitrogens with one attached hydrogen (secondary N) is 1. The lowest BCUT2D eigenvalue weighted by Gasteiger charge is -2.35. The van der Waals surface area contributed by atoms with Gasteiger partial charge in [-0.3, -0.25) is 9.69 Å². The van der Waals surface area contributed by atoms with Crippen molar-refractivity contribution in [2.24, 2.45) is 5.73 Å². The SMILES string of the molecule is CCc1noc(NC(CN2CCN(c3nc(Cc4ccccc4)ns3)CC2)C(N)=O)c1CC. The quantitative estimate of drug-likeness (QED) is 0.465. The summed E-state index contributed by atoms with van der Waals surface area (Å²) in [4.78, 5) is 21.4. The van der Waals surface area contributed by atoms with Crippen molar-refractivity contribution in [1.29, 1.82) is 0 Å². The number of carbonyl (C=O) groups is 1. The highest BCUT2D eigenvalue weighted by atomic mass is 32.1. The van der Waals surface area contributed by atoms with Crippen LogP contribution in [0.3, 0.4) is 0 Å². The van der Waals surface area contributed by atoms with E-state index in [2.05, 4.69) is 36.8 Å². The van der Waals surface area contributed by atoms with Crippen LogP contribution in [-0.2, 0) is 24.1 Å². The Bertz CT molecular complexity index is 1040. The van der Waals surface area contributed by atoms with Gasteiger partial charge in [-0.15, -0.1) is 0 Å². The lowest BCUT2D eigenvalue weighted by molar-refractivity contribution is -0.119. The van der Waals surface area contributed by atoms with Gasteiger partial charge in [-0.2, -0.15) is 4.37 Å². The van der Waals surface area contributed by atoms with E-state index in [0.717, 1.165) is 67.7 Å². The minimum Gasteiger partial charge on any atom is -0.368 e. The van der Waals surface area contributed by atoms with Gasteiger partial charge in [0.05, 0.1) is 5.69 Å². The molecule has 0 aliphatic carbocycles. The van der Waals surface area contributed by atoms with Crippen LogP contribution in [-0.4, -0.2) is 64.1 Å². The lowest BCUT2D eigenvalue weighted by Crippen LogP contribution is -2.52. The third-order valence-electron chi connectivity index (χ3n) is 5.95. The molecule has 1 unspecified atom stereocenters. The van der Waals surface area contributed by atoms with Crippen molar-refractivity contribution in [3.63, 3.8) is 0 Å². The largest absolute Gasteiger partial charge is 0.368 e. The zero-order valence-corrected chi connectivity index (χ0v) is 20.0. The van der Waals surface area contributed by atoms with Crippen molar-refractivity contribution in [2.45, 2.75) is 39.2 Å². The van der Waals surface area contributed by atoms with Crippen LogP contribution >= 0.6 is 11.5 Å². The fourth-order valence-corrected chi connectivity index (χ4v) is 4.80. The van der Waals surface area contributed by atoms with Crippen molar-refractivity contribution in [3.05, 3.63) is 53.0 Å². The van der Waals surface area contributed by atoms with Gasteiger partial charge in [0.25, 0.3) is 0 Å². The number of amides is 1. The first-order chi connectivity index (χ1) is 16.1. The van der Waals surface area contributed by atoms with Crippen molar-refractivity contribution in [3.8, 4) is 0 Å². The van der Waals surface area contributed by atoms with E-state index in [0.29, 0.717) is 12.4 Å². The minimum atomic E-state index is -0.543. The van der Waals surface area contributed by atoms with Gasteiger partial charge < -0.3 is 20.5 Å². The Morgan fingerprint density at radius 2 is 1.94 bits per heavy atom. The number of hydrogen-bond donors (Lipinski definition) is 2. The molecule has 9 nitrogen and oxygen atoms in total. The molecule has 1 saturated heterocycles. The second-order valence-electron chi connectivity index (χ2n) is 8.19. The molecule has 4 rings (SSSR count). The van der Waals surface area contributed by atoms with E-state index < -0.39 is 11.9 Å². The third kappa shape index (κ3) is 5.69. The van der Waals surface area contributed by atoms with Crippen LogP contribution in [0.4, 0.5) is 11.0 Å². The van der Waals surface area contributed by atoms with Crippen LogP contribution < -0.4 is 16.0 Å². The zero-order valence-electron chi connectivity index (χ0n) is 19.2. The molecule has 10 heteroatoms. The van der Waals surface area contributed by atoms with Crippen LogP contribution in [0.5, 0.6) is 0 Å². The van der Waals surface area contributed by atoms with E-state index in [1.165, 1.54) is 17.1 Å². The van der Waals surface area contributed by atoms with Crippen molar-refractivity contribution >= 4 is 28.5 Å². The maximum absolute atomic E-state index is 12.1. The van der Waals surface area contributed by atoms with Crippen molar-refractivity contribution in [1.82, 2.24) is 19.4 Å². The van der Waals surface area contributed by atoms with E-state index in [4.69, 9.17) is 15.2 Å². The summed E-state index contributed by atoms with van der Waals surface area (Å²) in [6.07, 6.45) is 2.31. The summed E-state index contributed by atoms with van der Waals surface area (Å²) in [5.74, 6) is 1.01. The van der Waals surface area contributed by atoms with Gasteiger partial charge in [0.15, 0.2) is 0 Å². The number of nitrogens with zero attached hydrogens (tertiary/aromatic N) is 5. The summed E-state index contributed by atoms with van der Waals surface area (Å²) in [6, 6.07) is 9.72. The second-order valence-corrected chi connectivity index (χ2v) is 8.92. The molecule has 1 aromatic carbocycles. The Morgan fingerprint density at radius 1 is 1.18 bits per heavy atom. The minimum absolute atomic E-state index is 0.399. The van der Waals surface area contributed by atoms with Gasteiger partial charge in [-0.05, 0) is 18.4 Å². The molecule has 1 atom stereocenters. The molecule has 2 aromatic heterocycles. The summed E-state index contributed by atoms with van der Waals surface area (Å²) in [7, 11) is 0. The molecule has 0 spiro atoms. The second kappa shape index (κ2) is 10.8. The Labute approximate surface area is 198 Å². The maximum atomic E-state index is 12.1. The summed E-state index contributed by atoms with van der Waals surface area (Å²) in [5, 5.41) is 8.26. The predicted octanol–water partition coefficient (Wildman–Crippen LogP) is 2.33. The molecular formula is C23H31N7O2S. The van der Waals surface area contributed by atoms with Gasteiger partial charge in [0.1, 0.15) is 11.9 Å².